The summed E-state index contributed by atoms with van der Waals surface area (Å²) in [7, 11) is 1.44. The number of rotatable bonds is 6. The predicted octanol–water partition coefficient (Wildman–Crippen LogP) is 7.27. The quantitative estimate of drug-likeness (QED) is 0.310. The van der Waals surface area contributed by atoms with Crippen molar-refractivity contribution in [3.63, 3.8) is 0 Å². The number of nitrogens with one attached hydrogen (secondary N) is 1. The maximum Gasteiger partial charge on any atom is 0.326 e. The van der Waals surface area contributed by atoms with E-state index in [1.807, 2.05) is 30.3 Å². The number of likely N-dealkylation sites (tertiary alicyclic amines) is 1. The van der Waals surface area contributed by atoms with Gasteiger partial charge in [-0.05, 0) is 54.2 Å². The van der Waals surface area contributed by atoms with E-state index in [4.69, 9.17) is 39.5 Å². The third-order valence-corrected chi connectivity index (χ3v) is 8.91. The second-order valence-electron chi connectivity index (χ2n) is 10.5. The van der Waals surface area contributed by atoms with Gasteiger partial charge in [0, 0.05) is 48.2 Å². The SMILES string of the molecule is COC(=O)[C@H]1CN(CC2CC2)CC1c1cc(-c2ccccc2Cl)c2c(c1)N(c1c(Cl)cccc1Cl)C(=O)NC2. The summed E-state index contributed by atoms with van der Waals surface area (Å²) in [5.41, 5.74) is 4.66. The maximum atomic E-state index is 13.4. The molecule has 1 aliphatic carbocycles. The highest BCUT2D eigenvalue weighted by molar-refractivity contribution is 6.40. The zero-order chi connectivity index (χ0) is 27.3. The van der Waals surface area contributed by atoms with Gasteiger partial charge in [0.25, 0.3) is 0 Å². The number of ether oxygens (including phenoxy) is 1. The summed E-state index contributed by atoms with van der Waals surface area (Å²) in [6, 6.07) is 16.6. The molecular weight excluding hydrogens is 557 g/mol. The third kappa shape index (κ3) is 5.00. The highest BCUT2D eigenvalue weighted by Gasteiger charge is 2.42. The first-order valence-corrected chi connectivity index (χ1v) is 14.2. The molecule has 202 valence electrons. The number of urea groups is 1. The molecule has 1 unspecified atom stereocenters. The molecule has 3 aromatic rings. The van der Waals surface area contributed by atoms with Crippen LogP contribution in [-0.4, -0.2) is 43.6 Å². The summed E-state index contributed by atoms with van der Waals surface area (Å²) in [5.74, 6) is 0.0434. The largest absolute Gasteiger partial charge is 0.469 e. The number of nitrogens with zero attached hydrogens (tertiary/aromatic N) is 2. The minimum absolute atomic E-state index is 0.115. The minimum atomic E-state index is -0.328. The number of anilines is 2. The van der Waals surface area contributed by atoms with E-state index in [1.165, 1.54) is 24.9 Å². The van der Waals surface area contributed by atoms with E-state index in [0.717, 1.165) is 35.3 Å². The second kappa shape index (κ2) is 10.7. The molecule has 2 fully saturated rings. The number of fused-ring (bicyclic) bond motifs is 1. The van der Waals surface area contributed by atoms with E-state index < -0.39 is 0 Å². The van der Waals surface area contributed by atoms with Crippen LogP contribution < -0.4 is 10.2 Å². The van der Waals surface area contributed by atoms with Crippen LogP contribution in [0.15, 0.2) is 54.6 Å². The number of para-hydroxylation sites is 1. The number of benzene rings is 3. The van der Waals surface area contributed by atoms with Gasteiger partial charge in [-0.1, -0.05) is 65.1 Å². The summed E-state index contributed by atoms with van der Waals surface area (Å²) in [5, 5.41) is 4.30. The Kier molecular flexibility index (Phi) is 7.23. The molecule has 0 radical (unpaired) electrons. The van der Waals surface area contributed by atoms with Gasteiger partial charge in [-0.25, -0.2) is 4.79 Å². The number of hydrogen-bond acceptors (Lipinski definition) is 4. The second-order valence-corrected chi connectivity index (χ2v) is 11.7. The first-order valence-electron chi connectivity index (χ1n) is 13.1. The fraction of sp³-hybridized carbons (Fsp3) is 0.333. The number of amides is 2. The van der Waals surface area contributed by atoms with Crippen molar-refractivity contribution in [1.82, 2.24) is 10.2 Å². The van der Waals surface area contributed by atoms with Crippen LogP contribution in [0.2, 0.25) is 15.1 Å². The summed E-state index contributed by atoms with van der Waals surface area (Å²) in [4.78, 5) is 30.3. The normalized spacial score (nSPS) is 21.0. The van der Waals surface area contributed by atoms with Crippen LogP contribution in [0.5, 0.6) is 0 Å². The van der Waals surface area contributed by atoms with E-state index in [1.54, 1.807) is 18.2 Å². The molecule has 2 amide bonds. The van der Waals surface area contributed by atoms with Gasteiger partial charge < -0.3 is 15.0 Å². The summed E-state index contributed by atoms with van der Waals surface area (Å²) >= 11 is 19.9. The molecule has 6 nitrogen and oxygen atoms in total. The molecule has 39 heavy (non-hydrogen) atoms. The average Bonchev–Trinajstić information content (AvgIpc) is 3.64. The van der Waals surface area contributed by atoms with Gasteiger partial charge in [-0.3, -0.25) is 9.69 Å². The monoisotopic (exact) mass is 583 g/mol. The van der Waals surface area contributed by atoms with Crippen molar-refractivity contribution in [2.75, 3.05) is 31.6 Å². The van der Waals surface area contributed by atoms with Crippen LogP contribution in [0, 0.1) is 11.8 Å². The van der Waals surface area contributed by atoms with Crippen LogP contribution >= 0.6 is 34.8 Å². The molecule has 1 saturated carbocycles. The first kappa shape index (κ1) is 26.5. The summed E-state index contributed by atoms with van der Waals surface area (Å²) in [6.45, 7) is 2.67. The lowest BCUT2D eigenvalue weighted by Crippen LogP contribution is -2.42. The van der Waals surface area contributed by atoms with E-state index >= 15 is 0 Å². The van der Waals surface area contributed by atoms with Crippen molar-refractivity contribution < 1.29 is 14.3 Å². The molecule has 0 bridgehead atoms. The highest BCUT2D eigenvalue weighted by atomic mass is 35.5. The van der Waals surface area contributed by atoms with Crippen LogP contribution in [0.1, 0.15) is 29.9 Å². The van der Waals surface area contributed by atoms with E-state index in [0.29, 0.717) is 45.5 Å². The minimum Gasteiger partial charge on any atom is -0.469 e. The zero-order valence-electron chi connectivity index (χ0n) is 21.4. The first-order chi connectivity index (χ1) is 18.9. The predicted molar refractivity (Wildman–Crippen MR) is 155 cm³/mol. The molecule has 6 rings (SSSR count). The molecule has 3 aliphatic rings. The Morgan fingerprint density at radius 3 is 2.38 bits per heavy atom. The molecule has 3 aromatic carbocycles. The van der Waals surface area contributed by atoms with Crippen molar-refractivity contribution in [2.24, 2.45) is 11.8 Å². The molecule has 0 aromatic heterocycles. The van der Waals surface area contributed by atoms with E-state index in [9.17, 15) is 9.59 Å². The molecule has 2 atom stereocenters. The van der Waals surface area contributed by atoms with Gasteiger partial charge in [-0.15, -0.1) is 0 Å². The molecule has 9 heteroatoms. The Balaban J connectivity index is 1.55. The van der Waals surface area contributed by atoms with Crippen molar-refractivity contribution >= 4 is 58.2 Å². The van der Waals surface area contributed by atoms with Crippen LogP contribution in [0.25, 0.3) is 11.1 Å². The van der Waals surface area contributed by atoms with Gasteiger partial charge in [0.05, 0.1) is 34.4 Å². The van der Waals surface area contributed by atoms with E-state index in [2.05, 4.69) is 16.3 Å². The van der Waals surface area contributed by atoms with Gasteiger partial charge in [0.1, 0.15) is 0 Å². The smallest absolute Gasteiger partial charge is 0.326 e. The van der Waals surface area contributed by atoms with Crippen molar-refractivity contribution in [2.45, 2.75) is 25.3 Å². The van der Waals surface area contributed by atoms with Crippen LogP contribution in [0.3, 0.4) is 0 Å². The highest BCUT2D eigenvalue weighted by Crippen LogP contribution is 2.47. The Bertz CT molecular complexity index is 1440. The molecule has 2 aliphatic heterocycles. The van der Waals surface area contributed by atoms with Gasteiger partial charge in [0.2, 0.25) is 0 Å². The lowest BCUT2D eigenvalue weighted by Gasteiger charge is -2.34. The number of halogens is 3. The number of carbonyl (C=O) groups is 2. The fourth-order valence-electron chi connectivity index (χ4n) is 5.90. The number of methoxy groups -OCH3 is 1. The Hall–Kier alpha value is -2.77. The average molecular weight is 585 g/mol. The number of esters is 1. The molecule has 0 spiro atoms. The van der Waals surface area contributed by atoms with Crippen LogP contribution in [0.4, 0.5) is 16.2 Å². The molecule has 1 saturated heterocycles. The third-order valence-electron chi connectivity index (χ3n) is 7.98. The lowest BCUT2D eigenvalue weighted by molar-refractivity contribution is -0.145. The van der Waals surface area contributed by atoms with Crippen LogP contribution in [-0.2, 0) is 16.1 Å². The fourth-order valence-corrected chi connectivity index (χ4v) is 6.71. The van der Waals surface area contributed by atoms with Gasteiger partial charge in [-0.2, -0.15) is 0 Å². The summed E-state index contributed by atoms with van der Waals surface area (Å²) in [6.07, 6.45) is 2.48. The Morgan fingerprint density at radius 2 is 1.69 bits per heavy atom. The molecular formula is C30H28Cl3N3O3. The number of carbonyl (C=O) groups excluding carboxylic acids is 2. The Morgan fingerprint density at radius 1 is 0.974 bits per heavy atom. The topological polar surface area (TPSA) is 61.9 Å². The molecule has 1 N–H and O–H groups in total. The number of hydrogen-bond donors (Lipinski definition) is 1. The van der Waals surface area contributed by atoms with Gasteiger partial charge >= 0.3 is 12.0 Å². The zero-order valence-corrected chi connectivity index (χ0v) is 23.7. The molecule has 2 heterocycles. The summed E-state index contributed by atoms with van der Waals surface area (Å²) < 4.78 is 5.24. The van der Waals surface area contributed by atoms with Gasteiger partial charge in [0.15, 0.2) is 0 Å². The van der Waals surface area contributed by atoms with Crippen molar-refractivity contribution in [3.8, 4) is 11.1 Å². The maximum absolute atomic E-state index is 13.4. The van der Waals surface area contributed by atoms with Crippen molar-refractivity contribution in [1.29, 1.82) is 0 Å². The van der Waals surface area contributed by atoms with E-state index in [-0.39, 0.29) is 23.8 Å². The standard InChI is InChI=1S/C30H28Cl3N3O3/c1-39-29(37)23-16-35(14-17-9-10-17)15-22(23)18-11-20(19-5-2-3-6-24(19)31)21-13-34-30(38)36(27(21)12-18)28-25(32)7-4-8-26(28)33/h2-8,11-12,17,22-23H,9-10,13-16H2,1H3,(H,34,38)/t22?,23-/m0/s1. The Labute approximate surface area is 242 Å². The lowest BCUT2D eigenvalue weighted by atomic mass is 9.84. The van der Waals surface area contributed by atoms with Crippen molar-refractivity contribution in [3.05, 3.63) is 80.8 Å².